The van der Waals surface area contributed by atoms with Crippen LogP contribution in [0.1, 0.15) is 19.4 Å². The minimum Gasteiger partial charge on any atom is -0.491 e. The van der Waals surface area contributed by atoms with Gasteiger partial charge in [0.05, 0.1) is 13.1 Å². The van der Waals surface area contributed by atoms with Crippen LogP contribution in [0.25, 0.3) is 10.8 Å². The number of hydrogen-bond donors (Lipinski definition) is 1. The molecule has 0 aliphatic heterocycles. The molecule has 0 spiro atoms. The standard InChI is InChI=1S/C24H30NO2/c1-4-25(5-2,22-13-10-19(3)11-14-22)17-23(26)18-27-24-15-12-20-8-6-7-9-21(20)16-24/h6-16,23,26H,4-5,17-18H2,1-3H3/q+1. The Kier molecular flexibility index (Phi) is 6.15. The quantitative estimate of drug-likeness (QED) is 0.574. The molecule has 3 aromatic rings. The number of aliphatic hydroxyl groups is 1. The molecule has 1 N–H and O–H groups in total. The summed E-state index contributed by atoms with van der Waals surface area (Å²) < 4.78 is 6.66. The van der Waals surface area contributed by atoms with Gasteiger partial charge in [-0.05, 0) is 55.8 Å². The van der Waals surface area contributed by atoms with Crippen LogP contribution >= 0.6 is 0 Å². The van der Waals surface area contributed by atoms with Crippen molar-refractivity contribution in [2.75, 3.05) is 26.2 Å². The molecule has 3 heteroatoms. The highest BCUT2D eigenvalue weighted by molar-refractivity contribution is 5.83. The third-order valence-electron chi connectivity index (χ3n) is 5.52. The van der Waals surface area contributed by atoms with Gasteiger partial charge < -0.3 is 9.84 Å². The van der Waals surface area contributed by atoms with E-state index in [0.29, 0.717) is 13.2 Å². The summed E-state index contributed by atoms with van der Waals surface area (Å²) in [5.41, 5.74) is 2.50. The minimum atomic E-state index is -0.530. The van der Waals surface area contributed by atoms with Gasteiger partial charge in [0.1, 0.15) is 30.7 Å². The zero-order valence-electron chi connectivity index (χ0n) is 16.6. The third kappa shape index (κ3) is 4.49. The first-order valence-electron chi connectivity index (χ1n) is 9.79. The smallest absolute Gasteiger partial charge is 0.137 e. The SMILES string of the molecule is CC[N+](CC)(CC(O)COc1ccc2ccccc2c1)c1ccc(C)cc1. The van der Waals surface area contributed by atoms with E-state index in [1.165, 1.54) is 16.6 Å². The molecular weight excluding hydrogens is 334 g/mol. The second-order valence-corrected chi connectivity index (χ2v) is 7.27. The number of aryl methyl sites for hydroxylation is 1. The molecule has 1 unspecified atom stereocenters. The Balaban J connectivity index is 1.68. The zero-order chi connectivity index (χ0) is 19.3. The van der Waals surface area contributed by atoms with E-state index in [0.717, 1.165) is 28.7 Å². The molecule has 0 aromatic heterocycles. The Bertz CT molecular complexity index is 869. The number of hydrogen-bond acceptors (Lipinski definition) is 2. The van der Waals surface area contributed by atoms with Crippen LogP contribution in [0.3, 0.4) is 0 Å². The van der Waals surface area contributed by atoms with Gasteiger partial charge in [-0.3, -0.25) is 4.48 Å². The number of likely N-dealkylation sites (N-methyl/N-ethyl adjacent to an activating group) is 1. The average Bonchev–Trinajstić information content (AvgIpc) is 2.71. The molecule has 1 atom stereocenters. The number of aliphatic hydroxyl groups excluding tert-OH is 1. The molecule has 0 saturated heterocycles. The van der Waals surface area contributed by atoms with Crippen molar-refractivity contribution < 1.29 is 9.84 Å². The monoisotopic (exact) mass is 364 g/mol. The molecule has 0 amide bonds. The maximum Gasteiger partial charge on any atom is 0.137 e. The van der Waals surface area contributed by atoms with Crippen molar-refractivity contribution in [3.63, 3.8) is 0 Å². The predicted molar refractivity (Wildman–Crippen MR) is 114 cm³/mol. The van der Waals surface area contributed by atoms with Gasteiger partial charge in [-0.15, -0.1) is 0 Å². The first-order chi connectivity index (χ1) is 13.1. The lowest BCUT2D eigenvalue weighted by molar-refractivity contribution is 0.0731. The van der Waals surface area contributed by atoms with Gasteiger partial charge >= 0.3 is 0 Å². The lowest BCUT2D eigenvalue weighted by Crippen LogP contribution is -2.54. The summed E-state index contributed by atoms with van der Waals surface area (Å²) >= 11 is 0. The Morgan fingerprint density at radius 2 is 1.56 bits per heavy atom. The van der Waals surface area contributed by atoms with Crippen molar-refractivity contribution in [3.8, 4) is 5.75 Å². The van der Waals surface area contributed by atoms with E-state index in [1.807, 2.05) is 24.3 Å². The lowest BCUT2D eigenvalue weighted by atomic mass is 10.1. The second-order valence-electron chi connectivity index (χ2n) is 7.27. The number of fused-ring (bicyclic) bond motifs is 1. The normalized spacial score (nSPS) is 12.9. The van der Waals surface area contributed by atoms with Crippen LogP contribution in [0, 0.1) is 6.92 Å². The average molecular weight is 365 g/mol. The van der Waals surface area contributed by atoms with E-state index < -0.39 is 6.10 Å². The molecule has 0 bridgehead atoms. The van der Waals surface area contributed by atoms with Crippen molar-refractivity contribution in [2.24, 2.45) is 0 Å². The van der Waals surface area contributed by atoms with Crippen LogP contribution in [0.15, 0.2) is 66.7 Å². The topological polar surface area (TPSA) is 29.5 Å². The van der Waals surface area contributed by atoms with Crippen LogP contribution < -0.4 is 9.22 Å². The van der Waals surface area contributed by atoms with Gasteiger partial charge in [0, 0.05) is 0 Å². The van der Waals surface area contributed by atoms with Gasteiger partial charge in [-0.2, -0.15) is 0 Å². The van der Waals surface area contributed by atoms with E-state index in [2.05, 4.69) is 63.2 Å². The van der Waals surface area contributed by atoms with E-state index in [9.17, 15) is 5.11 Å². The molecule has 3 nitrogen and oxygen atoms in total. The summed E-state index contributed by atoms with van der Waals surface area (Å²) in [6.07, 6.45) is -0.530. The summed E-state index contributed by atoms with van der Waals surface area (Å²) in [7, 11) is 0. The zero-order valence-corrected chi connectivity index (χ0v) is 16.6. The summed E-state index contributed by atoms with van der Waals surface area (Å²) in [6, 6.07) is 22.9. The fourth-order valence-electron chi connectivity index (χ4n) is 3.72. The first kappa shape index (κ1) is 19.4. The number of benzene rings is 3. The summed E-state index contributed by atoms with van der Waals surface area (Å²) in [5.74, 6) is 0.800. The molecule has 27 heavy (non-hydrogen) atoms. The van der Waals surface area contributed by atoms with E-state index in [-0.39, 0.29) is 0 Å². The van der Waals surface area contributed by atoms with Crippen LogP contribution in [-0.2, 0) is 0 Å². The number of rotatable bonds is 8. The van der Waals surface area contributed by atoms with Gasteiger partial charge in [0.25, 0.3) is 0 Å². The van der Waals surface area contributed by atoms with Crippen LogP contribution in [0.4, 0.5) is 5.69 Å². The molecule has 0 radical (unpaired) electrons. The summed E-state index contributed by atoms with van der Waals surface area (Å²) in [6.45, 7) is 9.27. The number of ether oxygens (including phenoxy) is 1. The van der Waals surface area contributed by atoms with Gasteiger partial charge in [0.2, 0.25) is 0 Å². The fourth-order valence-corrected chi connectivity index (χ4v) is 3.72. The van der Waals surface area contributed by atoms with Crippen molar-refractivity contribution in [2.45, 2.75) is 26.9 Å². The highest BCUT2D eigenvalue weighted by atomic mass is 16.5. The predicted octanol–water partition coefficient (Wildman–Crippen LogP) is 4.94. The first-order valence-corrected chi connectivity index (χ1v) is 9.79. The Morgan fingerprint density at radius 1 is 0.889 bits per heavy atom. The van der Waals surface area contributed by atoms with Gasteiger partial charge in [0.15, 0.2) is 0 Å². The van der Waals surface area contributed by atoms with E-state index >= 15 is 0 Å². The largest absolute Gasteiger partial charge is 0.491 e. The van der Waals surface area contributed by atoms with Crippen LogP contribution in [-0.4, -0.2) is 37.5 Å². The van der Waals surface area contributed by atoms with Crippen molar-refractivity contribution >= 4 is 16.5 Å². The number of quaternary nitrogens is 1. The highest BCUT2D eigenvalue weighted by Gasteiger charge is 2.30. The Hall–Kier alpha value is -2.36. The Labute approximate surface area is 162 Å². The Morgan fingerprint density at radius 3 is 2.22 bits per heavy atom. The van der Waals surface area contributed by atoms with Crippen molar-refractivity contribution in [1.82, 2.24) is 4.48 Å². The minimum absolute atomic E-state index is 0.296. The molecule has 3 aromatic carbocycles. The maximum absolute atomic E-state index is 10.7. The molecule has 0 fully saturated rings. The second kappa shape index (κ2) is 8.55. The van der Waals surface area contributed by atoms with Crippen molar-refractivity contribution in [3.05, 3.63) is 72.3 Å². The number of nitrogens with zero attached hydrogens (tertiary/aromatic N) is 1. The van der Waals surface area contributed by atoms with E-state index in [1.54, 1.807) is 0 Å². The molecule has 3 rings (SSSR count). The lowest BCUT2D eigenvalue weighted by Gasteiger charge is -2.38. The third-order valence-corrected chi connectivity index (χ3v) is 5.52. The molecule has 0 saturated carbocycles. The van der Waals surface area contributed by atoms with E-state index in [4.69, 9.17) is 4.74 Å². The van der Waals surface area contributed by atoms with Crippen LogP contribution in [0.2, 0.25) is 0 Å². The molecule has 0 aliphatic rings. The summed E-state index contributed by atoms with van der Waals surface area (Å²) in [5, 5.41) is 13.0. The molecule has 0 heterocycles. The molecule has 142 valence electrons. The fraction of sp³-hybridized carbons (Fsp3) is 0.333. The highest BCUT2D eigenvalue weighted by Crippen LogP contribution is 2.25. The summed E-state index contributed by atoms with van der Waals surface area (Å²) in [4.78, 5) is 0. The van der Waals surface area contributed by atoms with Crippen molar-refractivity contribution in [1.29, 1.82) is 0 Å². The van der Waals surface area contributed by atoms with Gasteiger partial charge in [-0.25, -0.2) is 0 Å². The molecule has 0 aliphatic carbocycles. The van der Waals surface area contributed by atoms with Gasteiger partial charge in [-0.1, -0.05) is 48.0 Å². The molecular formula is C24H30NO2+. The maximum atomic E-state index is 10.7. The van der Waals surface area contributed by atoms with Crippen LogP contribution in [0.5, 0.6) is 5.75 Å².